The number of benzene rings is 1. The lowest BCUT2D eigenvalue weighted by atomic mass is 10.3. The molecular weight excluding hydrogens is 321 g/mol. The zero-order valence-corrected chi connectivity index (χ0v) is 12.9. The number of thioether (sulfide) groups is 1. The largest absolute Gasteiger partial charge is 0.480 e. The van der Waals surface area contributed by atoms with Crippen molar-refractivity contribution in [2.24, 2.45) is 0 Å². The molecule has 2 heterocycles. The van der Waals surface area contributed by atoms with Gasteiger partial charge < -0.3 is 5.11 Å². The Morgan fingerprint density at radius 3 is 2.74 bits per heavy atom. The van der Waals surface area contributed by atoms with Crippen molar-refractivity contribution < 1.29 is 14.3 Å². The fourth-order valence-corrected chi connectivity index (χ4v) is 2.90. The lowest BCUT2D eigenvalue weighted by Crippen LogP contribution is -2.15. The zero-order chi connectivity index (χ0) is 16.4. The van der Waals surface area contributed by atoms with Gasteiger partial charge in [0.05, 0.1) is 5.69 Å². The van der Waals surface area contributed by atoms with Crippen molar-refractivity contribution >= 4 is 28.9 Å². The van der Waals surface area contributed by atoms with Crippen LogP contribution in [0.5, 0.6) is 0 Å². The van der Waals surface area contributed by atoms with E-state index >= 15 is 0 Å². The van der Waals surface area contributed by atoms with Crippen molar-refractivity contribution in [3.63, 3.8) is 0 Å². The van der Waals surface area contributed by atoms with Gasteiger partial charge >= 0.3 is 5.97 Å². The Morgan fingerprint density at radius 1 is 1.35 bits per heavy atom. The summed E-state index contributed by atoms with van der Waals surface area (Å²) in [7, 11) is 0. The van der Waals surface area contributed by atoms with E-state index in [4.69, 9.17) is 0 Å². The molecule has 0 bridgehead atoms. The maximum Gasteiger partial charge on any atom is 0.317 e. The summed E-state index contributed by atoms with van der Waals surface area (Å²) in [5.41, 5.74) is 1.46. The summed E-state index contributed by atoms with van der Waals surface area (Å²) in [4.78, 5) is 19.5. The Balaban J connectivity index is 2.03. The minimum atomic E-state index is -0.907. The number of rotatable bonds is 5. The number of fused-ring (bicyclic) bond motifs is 1. The van der Waals surface area contributed by atoms with E-state index in [1.807, 2.05) is 0 Å². The van der Waals surface area contributed by atoms with E-state index in [9.17, 15) is 14.3 Å². The van der Waals surface area contributed by atoms with Crippen molar-refractivity contribution in [1.82, 2.24) is 25.0 Å². The van der Waals surface area contributed by atoms with E-state index in [2.05, 4.69) is 20.3 Å². The molecule has 3 rings (SSSR count). The zero-order valence-electron chi connectivity index (χ0n) is 12.0. The molecule has 0 aliphatic rings. The molecule has 1 aromatic carbocycles. The topological polar surface area (TPSA) is 93.8 Å². The van der Waals surface area contributed by atoms with Gasteiger partial charge in [-0.05, 0) is 30.7 Å². The van der Waals surface area contributed by atoms with Gasteiger partial charge in [0.2, 0.25) is 0 Å². The second-order valence-electron chi connectivity index (χ2n) is 4.68. The Labute approximate surface area is 134 Å². The van der Waals surface area contributed by atoms with Crippen LogP contribution in [0.4, 0.5) is 4.39 Å². The van der Waals surface area contributed by atoms with Gasteiger partial charge in [-0.15, -0.1) is 5.10 Å². The minimum Gasteiger partial charge on any atom is -0.480 e. The molecular formula is C14H12FN5O2S. The van der Waals surface area contributed by atoms with Gasteiger partial charge in [-0.25, -0.2) is 14.4 Å². The summed E-state index contributed by atoms with van der Waals surface area (Å²) in [6.07, 6.45) is 1.79. The lowest BCUT2D eigenvalue weighted by Gasteiger charge is -2.08. The summed E-state index contributed by atoms with van der Waals surface area (Å²) < 4.78 is 14.5. The van der Waals surface area contributed by atoms with Crippen LogP contribution < -0.4 is 0 Å². The molecule has 0 spiro atoms. The highest BCUT2D eigenvalue weighted by Gasteiger charge is 2.21. The van der Waals surface area contributed by atoms with E-state index < -0.39 is 11.2 Å². The van der Waals surface area contributed by atoms with Crippen molar-refractivity contribution in [3.8, 4) is 5.69 Å². The van der Waals surface area contributed by atoms with Gasteiger partial charge in [0.15, 0.2) is 11.2 Å². The molecule has 1 unspecified atom stereocenters. The van der Waals surface area contributed by atoms with E-state index in [0.29, 0.717) is 28.3 Å². The van der Waals surface area contributed by atoms with Crippen LogP contribution in [0.2, 0.25) is 0 Å². The van der Waals surface area contributed by atoms with Gasteiger partial charge in [-0.1, -0.05) is 23.9 Å². The number of aliphatic carboxylic acids is 1. The summed E-state index contributed by atoms with van der Waals surface area (Å²) in [6, 6.07) is 5.75. The average Bonchev–Trinajstić information content (AvgIpc) is 2.98. The SMILES string of the molecule is CCC(Sc1ncnc2c1nnn2-c1ccc(F)cc1)C(=O)O. The highest BCUT2D eigenvalue weighted by molar-refractivity contribution is 8.00. The number of hydrogen-bond donors (Lipinski definition) is 1. The smallest absolute Gasteiger partial charge is 0.317 e. The molecule has 0 radical (unpaired) electrons. The fraction of sp³-hybridized carbons (Fsp3) is 0.214. The normalized spacial score (nSPS) is 12.4. The predicted molar refractivity (Wildman–Crippen MR) is 82.0 cm³/mol. The van der Waals surface area contributed by atoms with Crippen molar-refractivity contribution in [1.29, 1.82) is 0 Å². The van der Waals surface area contributed by atoms with Crippen LogP contribution in [-0.2, 0) is 4.79 Å². The molecule has 0 aliphatic carbocycles. The van der Waals surface area contributed by atoms with Crippen LogP contribution in [0.1, 0.15) is 13.3 Å². The first kappa shape index (κ1) is 15.3. The number of carboxylic acids is 1. The third-order valence-corrected chi connectivity index (χ3v) is 4.52. The van der Waals surface area contributed by atoms with Crippen LogP contribution >= 0.6 is 11.8 Å². The highest BCUT2D eigenvalue weighted by atomic mass is 32.2. The first-order valence-corrected chi connectivity index (χ1v) is 7.70. The van der Waals surface area contributed by atoms with Gasteiger partial charge in [-0.2, -0.15) is 4.68 Å². The molecule has 0 saturated carbocycles. The van der Waals surface area contributed by atoms with E-state index in [-0.39, 0.29) is 5.82 Å². The minimum absolute atomic E-state index is 0.351. The maximum absolute atomic E-state index is 13.0. The number of hydrogen-bond acceptors (Lipinski definition) is 6. The van der Waals surface area contributed by atoms with E-state index in [1.165, 1.54) is 23.1 Å². The summed E-state index contributed by atoms with van der Waals surface area (Å²) in [6.45, 7) is 1.79. The molecule has 2 aromatic heterocycles. The van der Waals surface area contributed by atoms with Crippen LogP contribution in [-0.4, -0.2) is 41.3 Å². The Hall–Kier alpha value is -2.55. The summed E-state index contributed by atoms with van der Waals surface area (Å²) in [5.74, 6) is -1.26. The molecule has 1 atom stereocenters. The van der Waals surface area contributed by atoms with E-state index in [0.717, 1.165) is 11.8 Å². The Bertz CT molecular complexity index is 852. The number of carboxylic acid groups (broad SMARTS) is 1. The predicted octanol–water partition coefficient (Wildman–Crippen LogP) is 2.30. The van der Waals surface area contributed by atoms with Gasteiger partial charge in [-0.3, -0.25) is 4.79 Å². The third kappa shape index (κ3) is 3.00. The molecule has 3 aromatic rings. The number of nitrogens with zero attached hydrogens (tertiary/aromatic N) is 5. The van der Waals surface area contributed by atoms with Gasteiger partial charge in [0.25, 0.3) is 0 Å². The number of aromatic nitrogens is 5. The molecule has 118 valence electrons. The Kier molecular flexibility index (Phi) is 4.20. The molecule has 0 amide bonds. The van der Waals surface area contributed by atoms with Crippen LogP contribution in [0.15, 0.2) is 35.6 Å². The molecule has 7 nitrogen and oxygen atoms in total. The number of carbonyl (C=O) groups is 1. The van der Waals surface area contributed by atoms with Crippen LogP contribution in [0, 0.1) is 5.82 Å². The Morgan fingerprint density at radius 2 is 2.09 bits per heavy atom. The molecule has 0 fully saturated rings. The molecule has 9 heteroatoms. The maximum atomic E-state index is 13.0. The van der Waals surface area contributed by atoms with Gasteiger partial charge in [0, 0.05) is 0 Å². The monoisotopic (exact) mass is 333 g/mol. The molecule has 0 saturated heterocycles. The standard InChI is InChI=1S/C14H12FN5O2S/c1-2-10(14(21)22)23-13-11-12(16-7-17-13)20(19-18-11)9-5-3-8(15)4-6-9/h3-7,10H,2H2,1H3,(H,21,22). The lowest BCUT2D eigenvalue weighted by molar-refractivity contribution is -0.136. The molecule has 0 aliphatic heterocycles. The van der Waals surface area contributed by atoms with Crippen LogP contribution in [0.25, 0.3) is 16.9 Å². The van der Waals surface area contributed by atoms with Crippen molar-refractivity contribution in [3.05, 3.63) is 36.4 Å². The summed E-state index contributed by atoms with van der Waals surface area (Å²) in [5, 5.41) is 17.1. The third-order valence-electron chi connectivity index (χ3n) is 3.18. The quantitative estimate of drug-likeness (QED) is 0.565. The van der Waals surface area contributed by atoms with Crippen molar-refractivity contribution in [2.45, 2.75) is 23.6 Å². The molecule has 23 heavy (non-hydrogen) atoms. The molecule has 1 N–H and O–H groups in total. The second kappa shape index (κ2) is 6.29. The van der Waals surface area contributed by atoms with E-state index in [1.54, 1.807) is 19.1 Å². The van der Waals surface area contributed by atoms with Gasteiger partial charge in [0.1, 0.15) is 22.4 Å². The fourth-order valence-electron chi connectivity index (χ4n) is 2.01. The average molecular weight is 333 g/mol. The summed E-state index contributed by atoms with van der Waals surface area (Å²) >= 11 is 1.11. The van der Waals surface area contributed by atoms with Crippen molar-refractivity contribution in [2.75, 3.05) is 0 Å². The second-order valence-corrected chi connectivity index (χ2v) is 5.87. The first-order chi connectivity index (χ1) is 11.1. The highest BCUT2D eigenvalue weighted by Crippen LogP contribution is 2.28. The van der Waals surface area contributed by atoms with Crippen LogP contribution in [0.3, 0.4) is 0 Å². The first-order valence-electron chi connectivity index (χ1n) is 6.82. The number of halogens is 1.